The van der Waals surface area contributed by atoms with Crippen LogP contribution in [0.2, 0.25) is 0 Å². The maximum absolute atomic E-state index is 10.9. The van der Waals surface area contributed by atoms with Crippen molar-refractivity contribution in [2.75, 3.05) is 0 Å². The molecule has 0 spiro atoms. The second kappa shape index (κ2) is 5.36. The molecule has 3 heteroatoms. The Kier molecular flexibility index (Phi) is 3.63. The number of hydrogen-bond acceptors (Lipinski definition) is 3. The van der Waals surface area contributed by atoms with Gasteiger partial charge in [0.2, 0.25) is 0 Å². The fourth-order valence-electron chi connectivity index (χ4n) is 1.72. The molecule has 0 saturated carbocycles. The summed E-state index contributed by atoms with van der Waals surface area (Å²) in [5, 5.41) is 10.9. The van der Waals surface area contributed by atoms with Gasteiger partial charge in [0.05, 0.1) is 5.97 Å². The Labute approximate surface area is 106 Å². The molecule has 0 aliphatic rings. The van der Waals surface area contributed by atoms with Gasteiger partial charge in [0.25, 0.3) is 0 Å². The molecule has 0 N–H and O–H groups in total. The van der Waals surface area contributed by atoms with Crippen molar-refractivity contribution >= 4 is 5.97 Å². The maximum Gasteiger partial charge on any atom is 0.128 e. The molecule has 18 heavy (non-hydrogen) atoms. The summed E-state index contributed by atoms with van der Waals surface area (Å²) in [6.45, 7) is 2.34. The second-order valence-corrected chi connectivity index (χ2v) is 4.06. The van der Waals surface area contributed by atoms with Gasteiger partial charge >= 0.3 is 0 Å². The highest BCUT2D eigenvalue weighted by Crippen LogP contribution is 2.18. The quantitative estimate of drug-likeness (QED) is 0.821. The SMILES string of the molecule is Cc1cccc(COc2ccccc2C(=O)[O-])c1. The van der Waals surface area contributed by atoms with Gasteiger partial charge in [-0.2, -0.15) is 0 Å². The molecular weight excluding hydrogens is 228 g/mol. The summed E-state index contributed by atoms with van der Waals surface area (Å²) in [7, 11) is 0. The number of carboxylic acid groups (broad SMARTS) is 1. The van der Waals surface area contributed by atoms with Gasteiger partial charge in [0.1, 0.15) is 12.4 Å². The van der Waals surface area contributed by atoms with Gasteiger partial charge in [-0.25, -0.2) is 0 Å². The summed E-state index contributed by atoms with van der Waals surface area (Å²) in [6, 6.07) is 14.4. The maximum atomic E-state index is 10.9. The van der Waals surface area contributed by atoms with Crippen molar-refractivity contribution in [3.63, 3.8) is 0 Å². The smallest absolute Gasteiger partial charge is 0.128 e. The van der Waals surface area contributed by atoms with Crippen LogP contribution in [0.15, 0.2) is 48.5 Å². The van der Waals surface area contributed by atoms with E-state index in [9.17, 15) is 9.90 Å². The van der Waals surface area contributed by atoms with Gasteiger partial charge < -0.3 is 14.6 Å². The first-order chi connectivity index (χ1) is 8.66. The molecule has 0 fully saturated rings. The molecule has 0 radical (unpaired) electrons. The van der Waals surface area contributed by atoms with Crippen LogP contribution in [0.4, 0.5) is 0 Å². The van der Waals surface area contributed by atoms with Crippen molar-refractivity contribution < 1.29 is 14.6 Å². The number of carboxylic acids is 1. The van der Waals surface area contributed by atoms with E-state index in [1.807, 2.05) is 31.2 Å². The molecule has 0 saturated heterocycles. The molecule has 0 atom stereocenters. The minimum Gasteiger partial charge on any atom is -0.545 e. The monoisotopic (exact) mass is 241 g/mol. The van der Waals surface area contributed by atoms with Crippen LogP contribution in [0.1, 0.15) is 21.5 Å². The van der Waals surface area contributed by atoms with Crippen molar-refractivity contribution in [3.05, 3.63) is 65.2 Å². The summed E-state index contributed by atoms with van der Waals surface area (Å²) in [5.74, 6) is -0.895. The number of benzene rings is 2. The lowest BCUT2D eigenvalue weighted by molar-refractivity contribution is -0.255. The average molecular weight is 241 g/mol. The van der Waals surface area contributed by atoms with Crippen molar-refractivity contribution in [2.24, 2.45) is 0 Å². The van der Waals surface area contributed by atoms with Gasteiger partial charge in [-0.3, -0.25) is 0 Å². The van der Waals surface area contributed by atoms with Gasteiger partial charge in [-0.1, -0.05) is 42.0 Å². The molecule has 2 rings (SSSR count). The molecule has 0 bridgehead atoms. The number of carbonyl (C=O) groups is 1. The van der Waals surface area contributed by atoms with Gasteiger partial charge in [-0.15, -0.1) is 0 Å². The lowest BCUT2D eigenvalue weighted by Gasteiger charge is -2.12. The van der Waals surface area contributed by atoms with Crippen molar-refractivity contribution in [3.8, 4) is 5.75 Å². The molecule has 0 aliphatic heterocycles. The van der Waals surface area contributed by atoms with Crippen LogP contribution in [0.25, 0.3) is 0 Å². The van der Waals surface area contributed by atoms with E-state index in [1.165, 1.54) is 6.07 Å². The predicted molar refractivity (Wildman–Crippen MR) is 66.3 cm³/mol. The molecule has 0 amide bonds. The molecule has 2 aromatic rings. The van der Waals surface area contributed by atoms with E-state index in [4.69, 9.17) is 4.74 Å². The first-order valence-electron chi connectivity index (χ1n) is 5.65. The van der Waals surface area contributed by atoms with Crippen LogP contribution in [-0.2, 0) is 6.61 Å². The zero-order valence-corrected chi connectivity index (χ0v) is 10.1. The molecular formula is C15H13O3-. The highest BCUT2D eigenvalue weighted by atomic mass is 16.5. The minimum absolute atomic E-state index is 0.0742. The average Bonchev–Trinajstić information content (AvgIpc) is 2.37. The first kappa shape index (κ1) is 12.2. The van der Waals surface area contributed by atoms with Crippen LogP contribution in [0, 0.1) is 6.92 Å². The molecule has 0 aromatic heterocycles. The summed E-state index contributed by atoms with van der Waals surface area (Å²) < 4.78 is 5.52. The summed E-state index contributed by atoms with van der Waals surface area (Å²) in [4.78, 5) is 10.9. The highest BCUT2D eigenvalue weighted by Gasteiger charge is 2.03. The number of ether oxygens (including phenoxy) is 1. The Morgan fingerprint density at radius 3 is 2.67 bits per heavy atom. The van der Waals surface area contributed by atoms with Crippen LogP contribution >= 0.6 is 0 Å². The summed E-state index contributed by atoms with van der Waals surface area (Å²) >= 11 is 0. The topological polar surface area (TPSA) is 49.4 Å². The fraction of sp³-hybridized carbons (Fsp3) is 0.133. The Morgan fingerprint density at radius 2 is 1.94 bits per heavy atom. The molecule has 0 unspecified atom stereocenters. The lowest BCUT2D eigenvalue weighted by Crippen LogP contribution is -2.23. The van der Waals surface area contributed by atoms with Crippen LogP contribution < -0.4 is 9.84 Å². The number of rotatable bonds is 4. The van der Waals surface area contributed by atoms with E-state index in [0.717, 1.165) is 11.1 Å². The van der Waals surface area contributed by atoms with Gasteiger partial charge in [0.15, 0.2) is 0 Å². The van der Waals surface area contributed by atoms with Crippen LogP contribution in [0.5, 0.6) is 5.75 Å². The Morgan fingerprint density at radius 1 is 1.17 bits per heavy atom. The molecule has 3 nitrogen and oxygen atoms in total. The third kappa shape index (κ3) is 2.88. The van der Waals surface area contributed by atoms with Crippen molar-refractivity contribution in [2.45, 2.75) is 13.5 Å². The predicted octanol–water partition coefficient (Wildman–Crippen LogP) is 1.94. The first-order valence-corrected chi connectivity index (χ1v) is 5.65. The lowest BCUT2D eigenvalue weighted by atomic mass is 10.1. The van der Waals surface area contributed by atoms with Gasteiger partial charge in [0, 0.05) is 5.56 Å². The molecule has 0 heterocycles. The standard InChI is InChI=1S/C15H14O3/c1-11-5-4-6-12(9-11)10-18-14-8-3-2-7-13(14)15(16)17/h2-9H,10H2,1H3,(H,16,17)/p-1. The Balaban J connectivity index is 2.13. The van der Waals surface area contributed by atoms with E-state index in [-0.39, 0.29) is 5.56 Å². The molecule has 2 aromatic carbocycles. The molecule has 92 valence electrons. The molecule has 0 aliphatic carbocycles. The number of aryl methyl sites for hydroxylation is 1. The zero-order chi connectivity index (χ0) is 13.0. The summed E-state index contributed by atoms with van der Waals surface area (Å²) in [6.07, 6.45) is 0. The van der Waals surface area contributed by atoms with Crippen molar-refractivity contribution in [1.82, 2.24) is 0 Å². The third-order valence-electron chi connectivity index (χ3n) is 2.58. The van der Waals surface area contributed by atoms with Crippen LogP contribution in [0.3, 0.4) is 0 Å². The van der Waals surface area contributed by atoms with Crippen molar-refractivity contribution in [1.29, 1.82) is 0 Å². The second-order valence-electron chi connectivity index (χ2n) is 4.06. The van der Waals surface area contributed by atoms with E-state index in [0.29, 0.717) is 12.4 Å². The van der Waals surface area contributed by atoms with E-state index in [1.54, 1.807) is 18.2 Å². The number of para-hydroxylation sites is 1. The van der Waals surface area contributed by atoms with E-state index >= 15 is 0 Å². The summed E-state index contributed by atoms with van der Waals surface area (Å²) in [5.41, 5.74) is 2.22. The van der Waals surface area contributed by atoms with E-state index < -0.39 is 5.97 Å². The van der Waals surface area contributed by atoms with Crippen LogP contribution in [-0.4, -0.2) is 5.97 Å². The highest BCUT2D eigenvalue weighted by molar-refractivity contribution is 5.89. The van der Waals surface area contributed by atoms with Gasteiger partial charge in [-0.05, 0) is 24.6 Å². The largest absolute Gasteiger partial charge is 0.545 e. The number of aromatic carboxylic acids is 1. The van der Waals surface area contributed by atoms with E-state index in [2.05, 4.69) is 0 Å². The minimum atomic E-state index is -1.23. The Hall–Kier alpha value is -2.29. The third-order valence-corrected chi connectivity index (χ3v) is 2.58. The fourth-order valence-corrected chi connectivity index (χ4v) is 1.72. The Bertz CT molecular complexity index is 561. The zero-order valence-electron chi connectivity index (χ0n) is 10.1. The number of carbonyl (C=O) groups excluding carboxylic acids is 1. The normalized spacial score (nSPS) is 10.1. The number of hydrogen-bond donors (Lipinski definition) is 0.